The minimum atomic E-state index is 0.603. The zero-order chi connectivity index (χ0) is 20.4. The topological polar surface area (TPSA) is 82.8 Å². The van der Waals surface area contributed by atoms with E-state index in [0.29, 0.717) is 17.3 Å². The van der Waals surface area contributed by atoms with Gasteiger partial charge in [-0.3, -0.25) is 5.43 Å². The zero-order valence-electron chi connectivity index (χ0n) is 16.6. The van der Waals surface area contributed by atoms with Gasteiger partial charge in [-0.1, -0.05) is 6.07 Å². The summed E-state index contributed by atoms with van der Waals surface area (Å²) in [4.78, 5) is 8.84. The van der Waals surface area contributed by atoms with Crippen molar-refractivity contribution in [3.63, 3.8) is 0 Å². The quantitative estimate of drug-likeness (QED) is 0.399. The summed E-state index contributed by atoms with van der Waals surface area (Å²) >= 11 is 0. The van der Waals surface area contributed by atoms with Crippen LogP contribution in [0.25, 0.3) is 21.9 Å². The van der Waals surface area contributed by atoms with Crippen molar-refractivity contribution in [2.24, 2.45) is 12.1 Å². The summed E-state index contributed by atoms with van der Waals surface area (Å²) in [7, 11) is 6.82. The van der Waals surface area contributed by atoms with Gasteiger partial charge in [-0.25, -0.2) is 9.97 Å². The second-order valence-electron chi connectivity index (χ2n) is 6.31. The summed E-state index contributed by atoms with van der Waals surface area (Å²) in [6, 6.07) is 11.5. The molecule has 0 aliphatic rings. The van der Waals surface area contributed by atoms with Crippen molar-refractivity contribution in [1.82, 2.24) is 14.5 Å². The summed E-state index contributed by atoms with van der Waals surface area (Å²) in [6.45, 7) is 0. The molecule has 0 aliphatic heterocycles. The van der Waals surface area contributed by atoms with Crippen LogP contribution in [-0.2, 0) is 7.05 Å². The van der Waals surface area contributed by atoms with Gasteiger partial charge in [0, 0.05) is 18.0 Å². The number of para-hydroxylation sites is 1. The normalized spacial score (nSPS) is 11.3. The van der Waals surface area contributed by atoms with Crippen molar-refractivity contribution >= 4 is 34.0 Å². The van der Waals surface area contributed by atoms with Crippen LogP contribution in [0, 0.1) is 0 Å². The average Bonchev–Trinajstić information content (AvgIpc) is 3.05. The van der Waals surface area contributed by atoms with Gasteiger partial charge in [0.15, 0.2) is 17.3 Å². The van der Waals surface area contributed by atoms with Gasteiger partial charge in [-0.05, 0) is 30.3 Å². The van der Waals surface area contributed by atoms with Crippen molar-refractivity contribution in [3.8, 4) is 17.2 Å². The Balaban J connectivity index is 1.73. The van der Waals surface area contributed by atoms with E-state index >= 15 is 0 Å². The number of nitrogens with one attached hydrogen (secondary N) is 1. The Labute approximate surface area is 167 Å². The first-order valence-corrected chi connectivity index (χ1v) is 8.95. The molecule has 0 radical (unpaired) electrons. The summed E-state index contributed by atoms with van der Waals surface area (Å²) in [5, 5.41) is 5.34. The van der Waals surface area contributed by atoms with Crippen LogP contribution in [0.3, 0.4) is 0 Å². The number of hydrazone groups is 1. The number of rotatable bonds is 6. The van der Waals surface area contributed by atoms with Gasteiger partial charge in [0.1, 0.15) is 23.1 Å². The highest BCUT2D eigenvalue weighted by molar-refractivity contribution is 6.09. The molecular formula is C21H21N5O3. The van der Waals surface area contributed by atoms with E-state index in [1.54, 1.807) is 27.5 Å². The highest BCUT2D eigenvalue weighted by atomic mass is 16.5. The maximum absolute atomic E-state index is 5.44. The van der Waals surface area contributed by atoms with Gasteiger partial charge in [-0.15, -0.1) is 0 Å². The molecule has 8 nitrogen and oxygen atoms in total. The standard InChI is InChI=1S/C21H21N5O3/c1-26-16-9-8-14(27-2)10-15(16)18-19(26)21(23-12-22-18)25-24-11-13-6-5-7-17(28-3)20(13)29-4/h5-12H,1-4H3,(H,22,23,25). The lowest BCUT2D eigenvalue weighted by Gasteiger charge is -2.09. The number of ether oxygens (including phenoxy) is 3. The third-order valence-corrected chi connectivity index (χ3v) is 4.79. The number of benzene rings is 2. The third-order valence-electron chi connectivity index (χ3n) is 4.79. The second kappa shape index (κ2) is 7.67. The van der Waals surface area contributed by atoms with Crippen molar-refractivity contribution in [3.05, 3.63) is 48.3 Å². The first kappa shape index (κ1) is 18.5. The van der Waals surface area contributed by atoms with Crippen LogP contribution in [0.4, 0.5) is 5.82 Å². The molecule has 2 heterocycles. The van der Waals surface area contributed by atoms with Crippen LogP contribution < -0.4 is 19.6 Å². The molecule has 0 saturated heterocycles. The number of hydrogen-bond donors (Lipinski definition) is 1. The molecule has 0 unspecified atom stereocenters. The smallest absolute Gasteiger partial charge is 0.174 e. The lowest BCUT2D eigenvalue weighted by atomic mass is 10.2. The highest BCUT2D eigenvalue weighted by Crippen LogP contribution is 2.33. The fraction of sp³-hybridized carbons (Fsp3) is 0.190. The average molecular weight is 391 g/mol. The second-order valence-corrected chi connectivity index (χ2v) is 6.31. The fourth-order valence-electron chi connectivity index (χ4n) is 3.40. The number of hydrogen-bond acceptors (Lipinski definition) is 7. The predicted octanol–water partition coefficient (Wildman–Crippen LogP) is 3.59. The van der Waals surface area contributed by atoms with Crippen LogP contribution in [0.15, 0.2) is 47.8 Å². The molecule has 0 saturated carbocycles. The minimum absolute atomic E-state index is 0.603. The largest absolute Gasteiger partial charge is 0.497 e. The van der Waals surface area contributed by atoms with Gasteiger partial charge in [0.25, 0.3) is 0 Å². The fourth-order valence-corrected chi connectivity index (χ4v) is 3.40. The molecule has 29 heavy (non-hydrogen) atoms. The van der Waals surface area contributed by atoms with E-state index in [1.165, 1.54) is 6.33 Å². The zero-order valence-corrected chi connectivity index (χ0v) is 16.6. The number of anilines is 1. The Morgan fingerprint density at radius 1 is 1.03 bits per heavy atom. The number of aromatic nitrogens is 3. The van der Waals surface area contributed by atoms with Crippen LogP contribution in [0.1, 0.15) is 5.56 Å². The molecule has 0 bridgehead atoms. The molecule has 0 aliphatic carbocycles. The maximum atomic E-state index is 5.44. The van der Waals surface area contributed by atoms with Gasteiger partial charge in [0.2, 0.25) is 0 Å². The van der Waals surface area contributed by atoms with E-state index in [0.717, 1.165) is 33.2 Å². The van der Waals surface area contributed by atoms with Crippen LogP contribution >= 0.6 is 0 Å². The number of nitrogens with zero attached hydrogens (tertiary/aromatic N) is 4. The van der Waals surface area contributed by atoms with Gasteiger partial charge >= 0.3 is 0 Å². The molecule has 2 aromatic heterocycles. The lowest BCUT2D eigenvalue weighted by molar-refractivity contribution is 0.354. The maximum Gasteiger partial charge on any atom is 0.174 e. The van der Waals surface area contributed by atoms with Crippen molar-refractivity contribution < 1.29 is 14.2 Å². The van der Waals surface area contributed by atoms with E-state index in [2.05, 4.69) is 20.5 Å². The summed E-state index contributed by atoms with van der Waals surface area (Å²) in [6.07, 6.45) is 3.19. The Morgan fingerprint density at radius 2 is 1.90 bits per heavy atom. The van der Waals surface area contributed by atoms with E-state index in [4.69, 9.17) is 14.2 Å². The van der Waals surface area contributed by atoms with E-state index in [1.807, 2.05) is 48.0 Å². The highest BCUT2D eigenvalue weighted by Gasteiger charge is 2.14. The van der Waals surface area contributed by atoms with Gasteiger partial charge < -0.3 is 18.8 Å². The number of fused-ring (bicyclic) bond motifs is 3. The minimum Gasteiger partial charge on any atom is -0.497 e. The lowest BCUT2D eigenvalue weighted by Crippen LogP contribution is -2.00. The third kappa shape index (κ3) is 3.18. The monoisotopic (exact) mass is 391 g/mol. The van der Waals surface area contributed by atoms with Crippen LogP contribution in [0.5, 0.6) is 17.2 Å². The molecule has 148 valence electrons. The van der Waals surface area contributed by atoms with Gasteiger partial charge in [0.05, 0.1) is 33.1 Å². The molecule has 8 heteroatoms. The molecule has 1 N–H and O–H groups in total. The predicted molar refractivity (Wildman–Crippen MR) is 113 cm³/mol. The first-order valence-electron chi connectivity index (χ1n) is 8.95. The molecule has 0 amide bonds. The van der Waals surface area contributed by atoms with Gasteiger partial charge in [-0.2, -0.15) is 5.10 Å². The first-order chi connectivity index (χ1) is 14.2. The molecule has 4 aromatic rings. The van der Waals surface area contributed by atoms with Crippen molar-refractivity contribution in [1.29, 1.82) is 0 Å². The Hall–Kier alpha value is -3.81. The molecule has 4 rings (SSSR count). The molecule has 2 aromatic carbocycles. The molecule has 0 fully saturated rings. The summed E-state index contributed by atoms with van der Waals surface area (Å²) < 4.78 is 18.1. The number of methoxy groups -OCH3 is 3. The Bertz CT molecular complexity index is 1220. The Kier molecular flexibility index (Phi) is 4.90. The summed E-state index contributed by atoms with van der Waals surface area (Å²) in [5.41, 5.74) is 6.52. The van der Waals surface area contributed by atoms with Crippen LogP contribution in [0.2, 0.25) is 0 Å². The van der Waals surface area contributed by atoms with Crippen molar-refractivity contribution in [2.45, 2.75) is 0 Å². The summed E-state index contributed by atoms with van der Waals surface area (Å²) in [5.74, 6) is 2.64. The van der Waals surface area contributed by atoms with E-state index in [9.17, 15) is 0 Å². The number of aryl methyl sites for hydroxylation is 1. The SMILES string of the molecule is COc1ccc2c(c1)c1ncnc(NN=Cc3cccc(OC)c3OC)c1n2C. The molecule has 0 spiro atoms. The van der Waals surface area contributed by atoms with E-state index < -0.39 is 0 Å². The van der Waals surface area contributed by atoms with E-state index in [-0.39, 0.29) is 0 Å². The molecule has 0 atom stereocenters. The Morgan fingerprint density at radius 3 is 2.66 bits per heavy atom. The van der Waals surface area contributed by atoms with Crippen molar-refractivity contribution in [2.75, 3.05) is 26.8 Å². The van der Waals surface area contributed by atoms with Crippen LogP contribution in [-0.4, -0.2) is 42.1 Å². The molecular weight excluding hydrogens is 370 g/mol.